The third-order valence-corrected chi connectivity index (χ3v) is 5.87. The Bertz CT molecular complexity index is 767. The molecule has 3 aliphatic rings. The molecule has 0 bridgehead atoms. The Labute approximate surface area is 164 Å². The second-order valence-electron chi connectivity index (χ2n) is 7.43. The highest BCUT2D eigenvalue weighted by Crippen LogP contribution is 2.37. The summed E-state index contributed by atoms with van der Waals surface area (Å²) in [6.45, 7) is 2.04. The molecule has 0 saturated carbocycles. The fourth-order valence-electron chi connectivity index (χ4n) is 4.30. The van der Waals surface area contributed by atoms with Crippen molar-refractivity contribution < 1.29 is 23.9 Å². The summed E-state index contributed by atoms with van der Waals surface area (Å²) in [5, 5.41) is 0. The van der Waals surface area contributed by atoms with Crippen LogP contribution in [0.2, 0.25) is 0 Å². The topological polar surface area (TPSA) is 79.4 Å². The van der Waals surface area contributed by atoms with Crippen molar-refractivity contribution in [3.8, 4) is 11.5 Å². The van der Waals surface area contributed by atoms with Gasteiger partial charge in [-0.3, -0.25) is 14.5 Å². The molecule has 0 N–H and O–H groups in total. The highest BCUT2D eigenvalue weighted by atomic mass is 16.5. The van der Waals surface area contributed by atoms with Gasteiger partial charge in [-0.1, -0.05) is 0 Å². The van der Waals surface area contributed by atoms with E-state index in [-0.39, 0.29) is 30.8 Å². The fourth-order valence-corrected chi connectivity index (χ4v) is 4.30. The molecule has 4 rings (SSSR count). The lowest BCUT2D eigenvalue weighted by molar-refractivity contribution is -0.131. The van der Waals surface area contributed by atoms with Crippen LogP contribution in [0.1, 0.15) is 30.4 Å². The summed E-state index contributed by atoms with van der Waals surface area (Å²) in [6, 6.07) is 2.91. The summed E-state index contributed by atoms with van der Waals surface area (Å²) in [6.07, 6.45) is 2.67. The molecule has 4 amide bonds. The second-order valence-corrected chi connectivity index (χ2v) is 7.43. The lowest BCUT2D eigenvalue weighted by atomic mass is 9.94. The normalized spacial score (nSPS) is 21.1. The Morgan fingerprint density at radius 2 is 1.71 bits per heavy atom. The molecule has 150 valence electrons. The fraction of sp³-hybridized carbons (Fsp3) is 0.550. The first kappa shape index (κ1) is 18.6. The van der Waals surface area contributed by atoms with Crippen LogP contribution < -0.4 is 9.47 Å². The number of imide groups is 1. The number of ether oxygens (including phenoxy) is 2. The maximum Gasteiger partial charge on any atom is 0.327 e. The number of hydrogen-bond donors (Lipinski definition) is 0. The number of urea groups is 1. The van der Waals surface area contributed by atoms with Gasteiger partial charge in [-0.05, 0) is 36.1 Å². The average molecular weight is 387 g/mol. The van der Waals surface area contributed by atoms with Crippen molar-refractivity contribution >= 4 is 17.8 Å². The van der Waals surface area contributed by atoms with Gasteiger partial charge in [0, 0.05) is 39.0 Å². The molecule has 1 aromatic carbocycles. The molecular weight excluding hydrogens is 362 g/mol. The molecule has 8 heteroatoms. The molecule has 1 aromatic rings. The first-order valence-corrected chi connectivity index (χ1v) is 9.67. The maximum absolute atomic E-state index is 12.9. The summed E-state index contributed by atoms with van der Waals surface area (Å²) >= 11 is 0. The summed E-state index contributed by atoms with van der Waals surface area (Å²) in [5.74, 6) is 1.01. The molecule has 8 nitrogen and oxygen atoms in total. The molecule has 28 heavy (non-hydrogen) atoms. The Hall–Kier alpha value is -2.77. The number of fused-ring (bicyclic) bond motifs is 2. The van der Waals surface area contributed by atoms with Gasteiger partial charge in [0.15, 0.2) is 11.5 Å². The maximum atomic E-state index is 12.9. The van der Waals surface area contributed by atoms with Crippen LogP contribution in [0.4, 0.5) is 4.79 Å². The van der Waals surface area contributed by atoms with Crippen LogP contribution in [-0.2, 0) is 22.6 Å². The summed E-state index contributed by atoms with van der Waals surface area (Å²) in [5.41, 5.74) is 1.93. The molecule has 0 unspecified atom stereocenters. The summed E-state index contributed by atoms with van der Waals surface area (Å²) in [4.78, 5) is 42.6. The smallest absolute Gasteiger partial charge is 0.327 e. The van der Waals surface area contributed by atoms with Gasteiger partial charge in [0.1, 0.15) is 6.04 Å². The van der Waals surface area contributed by atoms with Gasteiger partial charge in [-0.25, -0.2) is 4.79 Å². The zero-order valence-electron chi connectivity index (χ0n) is 16.3. The lowest BCUT2D eigenvalue weighted by Crippen LogP contribution is -2.40. The molecule has 2 saturated heterocycles. The quantitative estimate of drug-likeness (QED) is 0.714. The van der Waals surface area contributed by atoms with E-state index in [9.17, 15) is 14.4 Å². The zero-order valence-corrected chi connectivity index (χ0v) is 16.3. The molecule has 3 heterocycles. The summed E-state index contributed by atoms with van der Waals surface area (Å²) in [7, 11) is 3.14. The van der Waals surface area contributed by atoms with E-state index in [2.05, 4.69) is 0 Å². The van der Waals surface area contributed by atoms with Crippen molar-refractivity contribution in [3.05, 3.63) is 23.3 Å². The summed E-state index contributed by atoms with van der Waals surface area (Å²) < 4.78 is 10.7. The van der Waals surface area contributed by atoms with Crippen LogP contribution in [0.3, 0.4) is 0 Å². The van der Waals surface area contributed by atoms with Gasteiger partial charge < -0.3 is 19.3 Å². The third-order valence-electron chi connectivity index (χ3n) is 5.87. The van der Waals surface area contributed by atoms with Crippen LogP contribution in [0, 0.1) is 0 Å². The van der Waals surface area contributed by atoms with Gasteiger partial charge >= 0.3 is 6.03 Å². The van der Waals surface area contributed by atoms with E-state index in [4.69, 9.17) is 9.47 Å². The number of carbonyl (C=O) groups is 3. The van der Waals surface area contributed by atoms with Gasteiger partial charge in [0.25, 0.3) is 5.91 Å². The van der Waals surface area contributed by atoms with E-state index in [1.165, 1.54) is 4.90 Å². The van der Waals surface area contributed by atoms with Crippen LogP contribution in [0.25, 0.3) is 0 Å². The van der Waals surface area contributed by atoms with E-state index in [0.717, 1.165) is 37.1 Å². The minimum Gasteiger partial charge on any atom is -0.493 e. The monoisotopic (exact) mass is 387 g/mol. The Kier molecular flexibility index (Phi) is 4.87. The number of likely N-dealkylation sites (tertiary alicyclic amines) is 1. The number of rotatable bonds is 5. The molecule has 1 atom stereocenters. The average Bonchev–Trinajstić information content (AvgIpc) is 3.32. The first-order valence-electron chi connectivity index (χ1n) is 9.67. The number of hydrogen-bond acceptors (Lipinski definition) is 5. The van der Waals surface area contributed by atoms with E-state index in [1.54, 1.807) is 19.1 Å². The van der Waals surface area contributed by atoms with Crippen molar-refractivity contribution in [1.82, 2.24) is 14.7 Å². The van der Waals surface area contributed by atoms with Crippen molar-refractivity contribution in [1.29, 1.82) is 0 Å². The number of amides is 4. The Balaban J connectivity index is 1.48. The van der Waals surface area contributed by atoms with E-state index < -0.39 is 6.04 Å². The van der Waals surface area contributed by atoms with E-state index in [0.29, 0.717) is 24.5 Å². The number of carbonyl (C=O) groups excluding carboxylic acids is 3. The number of methoxy groups -OCH3 is 2. The van der Waals surface area contributed by atoms with Crippen LogP contribution in [0.15, 0.2) is 12.1 Å². The lowest BCUT2D eigenvalue weighted by Gasteiger charge is -2.29. The zero-order chi connectivity index (χ0) is 19.8. The number of benzene rings is 1. The van der Waals surface area contributed by atoms with E-state index >= 15 is 0 Å². The molecular formula is C20H25N3O5. The van der Waals surface area contributed by atoms with Gasteiger partial charge in [0.05, 0.1) is 14.2 Å². The number of nitrogens with zero attached hydrogens (tertiary/aromatic N) is 3. The molecule has 0 aliphatic carbocycles. The highest BCUT2D eigenvalue weighted by Gasteiger charge is 2.47. The molecule has 0 radical (unpaired) electrons. The minimum atomic E-state index is -0.514. The standard InChI is InChI=1S/C20H25N3O5/c1-27-16-10-13-9-15-19(25)22(8-5-18(24)21-6-3-4-7-21)20(26)23(15)12-14(13)11-17(16)28-2/h10-11,15H,3-9,12H2,1-2H3/t15-/m0/s1. The first-order chi connectivity index (χ1) is 13.5. The minimum absolute atomic E-state index is 0.0146. The predicted molar refractivity (Wildman–Crippen MR) is 100 cm³/mol. The third kappa shape index (κ3) is 3.06. The second kappa shape index (κ2) is 7.33. The van der Waals surface area contributed by atoms with Gasteiger partial charge in [0.2, 0.25) is 5.91 Å². The van der Waals surface area contributed by atoms with Crippen LogP contribution in [0.5, 0.6) is 11.5 Å². The molecule has 0 spiro atoms. The largest absolute Gasteiger partial charge is 0.493 e. The molecule has 0 aromatic heterocycles. The highest BCUT2D eigenvalue weighted by molar-refractivity contribution is 6.05. The SMILES string of the molecule is COc1cc2c(cc1OC)CN1C(=O)N(CCC(=O)N3CCCC3)C(=O)[C@@H]1C2. The van der Waals surface area contributed by atoms with Crippen LogP contribution >= 0.6 is 0 Å². The van der Waals surface area contributed by atoms with Crippen molar-refractivity contribution in [2.75, 3.05) is 33.9 Å². The Morgan fingerprint density at radius 1 is 1.07 bits per heavy atom. The molecule has 3 aliphatic heterocycles. The van der Waals surface area contributed by atoms with Crippen molar-refractivity contribution in [3.63, 3.8) is 0 Å². The van der Waals surface area contributed by atoms with Gasteiger partial charge in [-0.2, -0.15) is 0 Å². The van der Waals surface area contributed by atoms with Gasteiger partial charge in [-0.15, -0.1) is 0 Å². The van der Waals surface area contributed by atoms with Crippen LogP contribution in [-0.4, -0.2) is 72.4 Å². The predicted octanol–water partition coefficient (Wildman–Crippen LogP) is 1.41. The van der Waals surface area contributed by atoms with E-state index in [1.807, 2.05) is 17.0 Å². The van der Waals surface area contributed by atoms with Crippen molar-refractivity contribution in [2.45, 2.75) is 38.3 Å². The molecule has 2 fully saturated rings. The van der Waals surface area contributed by atoms with Crippen molar-refractivity contribution in [2.24, 2.45) is 0 Å². The Morgan fingerprint density at radius 3 is 2.36 bits per heavy atom.